The Morgan fingerprint density at radius 3 is 2.52 bits per heavy atom. The van der Waals surface area contributed by atoms with Crippen molar-refractivity contribution in [3.63, 3.8) is 0 Å². The molecule has 21 heavy (non-hydrogen) atoms. The van der Waals surface area contributed by atoms with E-state index in [-0.39, 0.29) is 11.5 Å². The van der Waals surface area contributed by atoms with Crippen LogP contribution >= 0.6 is 0 Å². The molecule has 0 saturated heterocycles. The van der Waals surface area contributed by atoms with Crippen LogP contribution in [0.4, 0.5) is 0 Å². The molecular formula is C17H26N4. The van der Waals surface area contributed by atoms with Gasteiger partial charge in [-0.3, -0.25) is 0 Å². The zero-order chi connectivity index (χ0) is 15.6. The zero-order valence-corrected chi connectivity index (χ0v) is 13.9. The Morgan fingerprint density at radius 1 is 1.24 bits per heavy atom. The molecule has 0 aliphatic rings. The first kappa shape index (κ1) is 15.7. The summed E-state index contributed by atoms with van der Waals surface area (Å²) in [7, 11) is 0. The smallest absolute Gasteiger partial charge is 0.103 e. The molecule has 0 aliphatic carbocycles. The summed E-state index contributed by atoms with van der Waals surface area (Å²) in [6.45, 7) is 13.9. The van der Waals surface area contributed by atoms with Gasteiger partial charge in [0.05, 0.1) is 17.4 Å². The molecule has 2 aromatic rings. The second kappa shape index (κ2) is 5.98. The molecular weight excluding hydrogens is 260 g/mol. The third kappa shape index (κ3) is 3.16. The van der Waals surface area contributed by atoms with Crippen molar-refractivity contribution in [2.45, 2.75) is 53.0 Å². The minimum absolute atomic E-state index is 0.0719. The summed E-state index contributed by atoms with van der Waals surface area (Å²) in [4.78, 5) is 0. The molecule has 4 heteroatoms. The van der Waals surface area contributed by atoms with Gasteiger partial charge in [-0.1, -0.05) is 51.1 Å². The SMILES string of the molecule is CCNC(C)c1nnn(-c2ccccc2C(C)(C)C)c1C. The van der Waals surface area contributed by atoms with E-state index in [0.29, 0.717) is 0 Å². The van der Waals surface area contributed by atoms with Crippen molar-refractivity contribution in [2.75, 3.05) is 6.54 Å². The summed E-state index contributed by atoms with van der Waals surface area (Å²) < 4.78 is 1.96. The van der Waals surface area contributed by atoms with Crippen LogP contribution in [-0.2, 0) is 5.41 Å². The van der Waals surface area contributed by atoms with Crippen LogP contribution in [0.5, 0.6) is 0 Å². The largest absolute Gasteiger partial charge is 0.309 e. The Balaban J connectivity index is 2.50. The van der Waals surface area contributed by atoms with Gasteiger partial charge in [0.2, 0.25) is 0 Å². The first-order chi connectivity index (χ1) is 9.86. The van der Waals surface area contributed by atoms with E-state index in [1.54, 1.807) is 0 Å². The number of hydrogen-bond donors (Lipinski definition) is 1. The fourth-order valence-electron chi connectivity index (χ4n) is 2.67. The molecule has 0 saturated carbocycles. The molecule has 4 nitrogen and oxygen atoms in total. The van der Waals surface area contributed by atoms with E-state index in [1.165, 1.54) is 5.56 Å². The first-order valence-electron chi connectivity index (χ1n) is 7.61. The van der Waals surface area contributed by atoms with Crippen LogP contribution < -0.4 is 5.32 Å². The molecule has 1 aromatic carbocycles. The van der Waals surface area contributed by atoms with Crippen LogP contribution in [0.25, 0.3) is 5.69 Å². The maximum Gasteiger partial charge on any atom is 0.103 e. The van der Waals surface area contributed by atoms with Crippen molar-refractivity contribution >= 4 is 0 Å². The molecule has 0 amide bonds. The highest BCUT2D eigenvalue weighted by Crippen LogP contribution is 2.29. The van der Waals surface area contributed by atoms with Gasteiger partial charge in [-0.15, -0.1) is 5.10 Å². The lowest BCUT2D eigenvalue weighted by Crippen LogP contribution is -2.19. The van der Waals surface area contributed by atoms with Crippen LogP contribution in [-0.4, -0.2) is 21.5 Å². The van der Waals surface area contributed by atoms with Crippen LogP contribution in [0, 0.1) is 6.92 Å². The quantitative estimate of drug-likeness (QED) is 0.934. The average molecular weight is 286 g/mol. The van der Waals surface area contributed by atoms with Gasteiger partial charge in [-0.05, 0) is 37.4 Å². The highest BCUT2D eigenvalue weighted by molar-refractivity contribution is 5.45. The highest BCUT2D eigenvalue weighted by Gasteiger charge is 2.22. The van der Waals surface area contributed by atoms with Gasteiger partial charge in [0.25, 0.3) is 0 Å². The van der Waals surface area contributed by atoms with Crippen LogP contribution in [0.1, 0.15) is 57.6 Å². The minimum atomic E-state index is 0.0719. The summed E-state index contributed by atoms with van der Waals surface area (Å²) in [5, 5.41) is 12.2. The van der Waals surface area contributed by atoms with E-state index in [0.717, 1.165) is 23.6 Å². The lowest BCUT2D eigenvalue weighted by molar-refractivity contribution is 0.579. The molecule has 0 spiro atoms. The fourth-order valence-corrected chi connectivity index (χ4v) is 2.67. The number of para-hydroxylation sites is 1. The number of nitrogens with zero attached hydrogens (tertiary/aromatic N) is 3. The third-order valence-electron chi connectivity index (χ3n) is 3.79. The van der Waals surface area contributed by atoms with Crippen LogP contribution in [0.2, 0.25) is 0 Å². The van der Waals surface area contributed by atoms with Gasteiger partial charge >= 0.3 is 0 Å². The normalized spacial score (nSPS) is 13.4. The summed E-state index contributed by atoms with van der Waals surface area (Å²) in [5.74, 6) is 0. The Bertz CT molecular complexity index is 607. The molecule has 0 fully saturated rings. The molecule has 0 bridgehead atoms. The van der Waals surface area contributed by atoms with Gasteiger partial charge in [0, 0.05) is 0 Å². The molecule has 2 rings (SSSR count). The zero-order valence-electron chi connectivity index (χ0n) is 13.9. The van der Waals surface area contributed by atoms with Gasteiger partial charge in [0.15, 0.2) is 0 Å². The Morgan fingerprint density at radius 2 is 1.90 bits per heavy atom. The highest BCUT2D eigenvalue weighted by atomic mass is 15.4. The molecule has 1 aromatic heterocycles. The molecule has 0 radical (unpaired) electrons. The number of aromatic nitrogens is 3. The van der Waals surface area contributed by atoms with E-state index in [9.17, 15) is 0 Å². The van der Waals surface area contributed by atoms with Crippen molar-refractivity contribution in [1.29, 1.82) is 0 Å². The Labute approximate surface area is 127 Å². The van der Waals surface area contributed by atoms with Crippen molar-refractivity contribution in [3.05, 3.63) is 41.2 Å². The summed E-state index contributed by atoms with van der Waals surface area (Å²) in [6, 6.07) is 8.64. The average Bonchev–Trinajstić information content (AvgIpc) is 2.80. The van der Waals surface area contributed by atoms with Crippen LogP contribution in [0.3, 0.4) is 0 Å². The Kier molecular flexibility index (Phi) is 4.47. The Hall–Kier alpha value is -1.68. The van der Waals surface area contributed by atoms with Crippen molar-refractivity contribution in [1.82, 2.24) is 20.3 Å². The predicted octanol–water partition coefficient (Wildman–Crippen LogP) is 3.54. The van der Waals surface area contributed by atoms with Crippen LogP contribution in [0.15, 0.2) is 24.3 Å². The van der Waals surface area contributed by atoms with E-state index >= 15 is 0 Å². The first-order valence-corrected chi connectivity index (χ1v) is 7.61. The number of benzene rings is 1. The maximum absolute atomic E-state index is 4.39. The number of nitrogens with one attached hydrogen (secondary N) is 1. The number of rotatable bonds is 4. The van der Waals surface area contributed by atoms with E-state index in [1.807, 2.05) is 4.68 Å². The summed E-state index contributed by atoms with van der Waals surface area (Å²) >= 11 is 0. The molecule has 1 atom stereocenters. The topological polar surface area (TPSA) is 42.7 Å². The lowest BCUT2D eigenvalue weighted by Gasteiger charge is -2.23. The van der Waals surface area contributed by atoms with E-state index in [2.05, 4.69) is 81.4 Å². The van der Waals surface area contributed by atoms with Crippen molar-refractivity contribution < 1.29 is 0 Å². The predicted molar refractivity (Wildman–Crippen MR) is 86.9 cm³/mol. The lowest BCUT2D eigenvalue weighted by atomic mass is 9.86. The van der Waals surface area contributed by atoms with Gasteiger partial charge < -0.3 is 5.32 Å². The molecule has 1 unspecified atom stereocenters. The van der Waals surface area contributed by atoms with Gasteiger partial charge in [0.1, 0.15) is 5.69 Å². The fraction of sp³-hybridized carbons (Fsp3) is 0.529. The standard InChI is InChI=1S/C17H26N4/c1-7-18-12(2)16-13(3)21(20-19-16)15-11-9-8-10-14(15)17(4,5)6/h8-12,18H,7H2,1-6H3. The summed E-state index contributed by atoms with van der Waals surface area (Å²) in [6.07, 6.45) is 0. The van der Waals surface area contributed by atoms with Crippen molar-refractivity contribution in [2.24, 2.45) is 0 Å². The molecule has 1 heterocycles. The minimum Gasteiger partial charge on any atom is -0.309 e. The second-order valence-corrected chi connectivity index (χ2v) is 6.52. The van der Waals surface area contributed by atoms with E-state index in [4.69, 9.17) is 0 Å². The van der Waals surface area contributed by atoms with Gasteiger partial charge in [-0.25, -0.2) is 4.68 Å². The third-order valence-corrected chi connectivity index (χ3v) is 3.79. The van der Waals surface area contributed by atoms with Gasteiger partial charge in [-0.2, -0.15) is 0 Å². The molecule has 114 valence electrons. The monoisotopic (exact) mass is 286 g/mol. The van der Waals surface area contributed by atoms with Crippen molar-refractivity contribution in [3.8, 4) is 5.69 Å². The summed E-state index contributed by atoms with van der Waals surface area (Å²) in [5.41, 5.74) is 4.58. The number of hydrogen-bond acceptors (Lipinski definition) is 3. The maximum atomic E-state index is 4.39. The second-order valence-electron chi connectivity index (χ2n) is 6.52. The molecule has 0 aliphatic heterocycles. The van der Waals surface area contributed by atoms with E-state index < -0.39 is 0 Å². The molecule has 1 N–H and O–H groups in total.